The largest absolute Gasteiger partial charge is 0.481 e. The molecule has 0 atom stereocenters. The van der Waals surface area contributed by atoms with Crippen LogP contribution in [0.15, 0.2) is 60.7 Å². The van der Waals surface area contributed by atoms with Crippen molar-refractivity contribution in [2.24, 2.45) is 0 Å². The number of rotatable bonds is 14. The van der Waals surface area contributed by atoms with Crippen LogP contribution in [-0.2, 0) is 4.79 Å². The van der Waals surface area contributed by atoms with Crippen molar-refractivity contribution in [2.75, 3.05) is 0 Å². The zero-order chi connectivity index (χ0) is 21.0. The van der Waals surface area contributed by atoms with E-state index in [1.54, 1.807) is 0 Å². The number of benzene rings is 2. The molecule has 29 heavy (non-hydrogen) atoms. The van der Waals surface area contributed by atoms with Crippen LogP contribution in [0.4, 0.5) is 0 Å². The standard InChI is InChI=1S/C14H28O2.C12H10O/c1-2-3-4-5-6-7-8-9-10-11-12-13-14(15)16;1-3-7-11(8-4-1)13-12-9-5-2-6-10-12/h2-13H2,1H3,(H,15,16);1-10H. The zero-order valence-electron chi connectivity index (χ0n) is 18.0. The smallest absolute Gasteiger partial charge is 0.303 e. The molecule has 0 amide bonds. The molecule has 3 nitrogen and oxygen atoms in total. The van der Waals surface area contributed by atoms with Crippen LogP contribution in [-0.4, -0.2) is 11.1 Å². The topological polar surface area (TPSA) is 46.5 Å². The van der Waals surface area contributed by atoms with E-state index in [1.807, 2.05) is 60.7 Å². The molecule has 160 valence electrons. The lowest BCUT2D eigenvalue weighted by Crippen LogP contribution is -1.93. The molecule has 0 aromatic heterocycles. The second-order valence-electron chi connectivity index (χ2n) is 7.41. The van der Waals surface area contributed by atoms with Crippen molar-refractivity contribution >= 4 is 5.97 Å². The van der Waals surface area contributed by atoms with Crippen molar-refractivity contribution in [2.45, 2.75) is 84.0 Å². The Balaban J connectivity index is 0.000000294. The van der Waals surface area contributed by atoms with E-state index in [-0.39, 0.29) is 0 Å². The summed E-state index contributed by atoms with van der Waals surface area (Å²) >= 11 is 0. The monoisotopic (exact) mass is 398 g/mol. The van der Waals surface area contributed by atoms with Crippen LogP contribution in [0, 0.1) is 0 Å². The van der Waals surface area contributed by atoms with E-state index in [0.717, 1.165) is 24.3 Å². The highest BCUT2D eigenvalue weighted by molar-refractivity contribution is 5.66. The summed E-state index contributed by atoms with van der Waals surface area (Å²) in [5.41, 5.74) is 0. The maximum absolute atomic E-state index is 10.3. The van der Waals surface area contributed by atoms with Gasteiger partial charge in [-0.15, -0.1) is 0 Å². The van der Waals surface area contributed by atoms with Crippen LogP contribution in [0.3, 0.4) is 0 Å². The summed E-state index contributed by atoms with van der Waals surface area (Å²) in [4.78, 5) is 10.3. The third kappa shape index (κ3) is 15.3. The van der Waals surface area contributed by atoms with Gasteiger partial charge in [-0.05, 0) is 30.7 Å². The van der Waals surface area contributed by atoms with Crippen LogP contribution >= 0.6 is 0 Å². The lowest BCUT2D eigenvalue weighted by molar-refractivity contribution is -0.137. The van der Waals surface area contributed by atoms with Crippen LogP contribution < -0.4 is 4.74 Å². The molecular weight excluding hydrogens is 360 g/mol. The van der Waals surface area contributed by atoms with Gasteiger partial charge in [-0.25, -0.2) is 0 Å². The van der Waals surface area contributed by atoms with E-state index in [4.69, 9.17) is 9.84 Å². The molecule has 3 heteroatoms. The fourth-order valence-corrected chi connectivity index (χ4v) is 3.05. The van der Waals surface area contributed by atoms with Gasteiger partial charge in [0.1, 0.15) is 11.5 Å². The summed E-state index contributed by atoms with van der Waals surface area (Å²) in [6.45, 7) is 2.25. The summed E-state index contributed by atoms with van der Waals surface area (Å²) < 4.78 is 5.58. The Bertz CT molecular complexity index is 573. The highest BCUT2D eigenvalue weighted by atomic mass is 16.5. The number of ether oxygens (including phenoxy) is 1. The van der Waals surface area contributed by atoms with Crippen molar-refractivity contribution in [1.29, 1.82) is 0 Å². The number of carboxylic acids is 1. The third-order valence-corrected chi connectivity index (χ3v) is 4.72. The maximum atomic E-state index is 10.3. The lowest BCUT2D eigenvalue weighted by Gasteiger charge is -2.03. The molecule has 2 aromatic carbocycles. The van der Waals surface area contributed by atoms with Gasteiger partial charge >= 0.3 is 5.97 Å². The number of aliphatic carboxylic acids is 1. The van der Waals surface area contributed by atoms with Crippen LogP contribution in [0.25, 0.3) is 0 Å². The van der Waals surface area contributed by atoms with Crippen molar-refractivity contribution in [3.63, 3.8) is 0 Å². The Labute approximate surface area is 177 Å². The number of carbonyl (C=O) groups is 1. The molecular formula is C26H38O3. The first-order valence-electron chi connectivity index (χ1n) is 11.2. The molecule has 0 saturated carbocycles. The van der Waals surface area contributed by atoms with Gasteiger partial charge in [0.2, 0.25) is 0 Å². The first-order chi connectivity index (χ1) is 14.2. The molecule has 0 aliphatic heterocycles. The van der Waals surface area contributed by atoms with Gasteiger partial charge in [-0.2, -0.15) is 0 Å². The highest BCUT2D eigenvalue weighted by Crippen LogP contribution is 2.19. The Morgan fingerprint density at radius 2 is 1.03 bits per heavy atom. The van der Waals surface area contributed by atoms with Crippen LogP contribution in [0.5, 0.6) is 11.5 Å². The summed E-state index contributed by atoms with van der Waals surface area (Å²) in [6, 6.07) is 19.5. The average Bonchev–Trinajstić information content (AvgIpc) is 2.74. The number of unbranched alkanes of at least 4 members (excludes halogenated alkanes) is 10. The molecule has 2 rings (SSSR count). The lowest BCUT2D eigenvalue weighted by atomic mass is 10.1. The minimum atomic E-state index is -0.657. The fourth-order valence-electron chi connectivity index (χ4n) is 3.05. The quantitative estimate of drug-likeness (QED) is 0.326. The summed E-state index contributed by atoms with van der Waals surface area (Å²) in [7, 11) is 0. The Hall–Kier alpha value is -2.29. The number of para-hydroxylation sites is 2. The molecule has 0 fully saturated rings. The average molecular weight is 399 g/mol. The Morgan fingerprint density at radius 1 is 0.655 bits per heavy atom. The van der Waals surface area contributed by atoms with Gasteiger partial charge in [-0.1, -0.05) is 108 Å². The van der Waals surface area contributed by atoms with E-state index in [9.17, 15) is 4.79 Å². The molecule has 0 saturated heterocycles. The molecule has 0 heterocycles. The van der Waals surface area contributed by atoms with Crippen molar-refractivity contribution in [3.8, 4) is 11.5 Å². The number of hydrogen-bond acceptors (Lipinski definition) is 2. The SMILES string of the molecule is CCCCCCCCCCCCCC(=O)O.c1ccc(Oc2ccccc2)cc1. The molecule has 0 bridgehead atoms. The van der Waals surface area contributed by atoms with Gasteiger partial charge in [0.25, 0.3) is 0 Å². The van der Waals surface area contributed by atoms with Crippen molar-refractivity contribution in [1.82, 2.24) is 0 Å². The van der Waals surface area contributed by atoms with E-state index in [2.05, 4.69) is 6.92 Å². The molecule has 0 aliphatic rings. The van der Waals surface area contributed by atoms with Gasteiger partial charge < -0.3 is 9.84 Å². The summed E-state index contributed by atoms with van der Waals surface area (Å²) in [5, 5.41) is 8.46. The summed E-state index contributed by atoms with van der Waals surface area (Å²) in [5.74, 6) is 1.08. The Kier molecular flexibility index (Phi) is 15.2. The van der Waals surface area contributed by atoms with E-state index < -0.39 is 5.97 Å². The Morgan fingerprint density at radius 3 is 1.41 bits per heavy atom. The van der Waals surface area contributed by atoms with Crippen LogP contribution in [0.2, 0.25) is 0 Å². The number of carboxylic acid groups (broad SMARTS) is 1. The predicted octanol–water partition coefficient (Wildman–Crippen LogP) is 8.25. The summed E-state index contributed by atoms with van der Waals surface area (Å²) in [6.07, 6.45) is 14.4. The molecule has 0 radical (unpaired) electrons. The minimum Gasteiger partial charge on any atom is -0.481 e. The van der Waals surface area contributed by atoms with Crippen molar-refractivity contribution < 1.29 is 14.6 Å². The fraction of sp³-hybridized carbons (Fsp3) is 0.500. The normalized spacial score (nSPS) is 10.1. The van der Waals surface area contributed by atoms with E-state index in [0.29, 0.717) is 6.42 Å². The molecule has 0 aliphatic carbocycles. The number of hydrogen-bond donors (Lipinski definition) is 1. The highest BCUT2D eigenvalue weighted by Gasteiger charge is 1.96. The van der Waals surface area contributed by atoms with E-state index in [1.165, 1.54) is 57.8 Å². The molecule has 1 N–H and O–H groups in total. The first kappa shape index (κ1) is 24.7. The van der Waals surface area contributed by atoms with E-state index >= 15 is 0 Å². The van der Waals surface area contributed by atoms with Gasteiger partial charge in [0.05, 0.1) is 0 Å². The second-order valence-corrected chi connectivity index (χ2v) is 7.41. The van der Waals surface area contributed by atoms with Crippen LogP contribution in [0.1, 0.15) is 84.0 Å². The molecule has 0 unspecified atom stereocenters. The zero-order valence-corrected chi connectivity index (χ0v) is 18.0. The molecule has 2 aromatic rings. The molecule has 0 spiro atoms. The van der Waals surface area contributed by atoms with Gasteiger partial charge in [-0.3, -0.25) is 4.79 Å². The van der Waals surface area contributed by atoms with Gasteiger partial charge in [0, 0.05) is 6.42 Å². The predicted molar refractivity (Wildman–Crippen MR) is 122 cm³/mol. The minimum absolute atomic E-state index is 0.344. The first-order valence-corrected chi connectivity index (χ1v) is 11.2. The van der Waals surface area contributed by atoms with Gasteiger partial charge in [0.15, 0.2) is 0 Å². The maximum Gasteiger partial charge on any atom is 0.303 e. The van der Waals surface area contributed by atoms with Crippen molar-refractivity contribution in [3.05, 3.63) is 60.7 Å². The third-order valence-electron chi connectivity index (χ3n) is 4.72. The second kappa shape index (κ2) is 17.8.